The van der Waals surface area contributed by atoms with Crippen molar-refractivity contribution in [3.8, 4) is 0 Å². The number of nitrogens with zero attached hydrogens (tertiary/aromatic N) is 3. The lowest BCUT2D eigenvalue weighted by atomic mass is 9.88. The van der Waals surface area contributed by atoms with E-state index >= 15 is 0 Å². The zero-order chi connectivity index (χ0) is 15.8. The highest BCUT2D eigenvalue weighted by atomic mass is 32.1. The highest BCUT2D eigenvalue weighted by molar-refractivity contribution is 7.10. The number of likely N-dealkylation sites (tertiary alicyclic amines) is 1. The average Bonchev–Trinajstić information content (AvgIpc) is 3.23. The Hall–Kier alpha value is -1.62. The summed E-state index contributed by atoms with van der Waals surface area (Å²) in [5.41, 5.74) is 2.31. The molecule has 122 valence electrons. The molecule has 0 N–H and O–H groups in total. The predicted octanol–water partition coefficient (Wildman–Crippen LogP) is 3.55. The van der Waals surface area contributed by atoms with E-state index in [0.29, 0.717) is 6.04 Å². The zero-order valence-corrected chi connectivity index (χ0v) is 14.4. The SMILES string of the molecule is C[C@H]1CCc2c(C(=O)N3CCC[C@@H](n4ccnc4)C3)csc2C1. The van der Waals surface area contributed by atoms with Gasteiger partial charge < -0.3 is 9.47 Å². The van der Waals surface area contributed by atoms with Crippen LogP contribution in [-0.4, -0.2) is 33.4 Å². The molecule has 1 aliphatic heterocycles. The van der Waals surface area contributed by atoms with Crippen molar-refractivity contribution in [2.45, 2.75) is 45.1 Å². The Morgan fingerprint density at radius 3 is 3.13 bits per heavy atom. The molecular formula is C18H23N3OS. The van der Waals surface area contributed by atoms with Gasteiger partial charge in [-0.3, -0.25) is 4.79 Å². The standard InChI is InChI=1S/C18H23N3OS/c1-13-4-5-15-16(11-23-17(15)9-13)18(22)20-7-2-3-14(10-20)21-8-6-19-12-21/h6,8,11-14H,2-5,7,9-10H2,1H3/t13-,14+/m0/s1. The third-order valence-electron chi connectivity index (χ3n) is 5.26. The highest BCUT2D eigenvalue weighted by Crippen LogP contribution is 2.34. The first-order chi connectivity index (χ1) is 11.2. The van der Waals surface area contributed by atoms with E-state index < -0.39 is 0 Å². The Kier molecular flexibility index (Phi) is 3.97. The molecule has 0 saturated carbocycles. The molecule has 1 aliphatic carbocycles. The molecule has 1 saturated heterocycles. The van der Waals surface area contributed by atoms with Gasteiger partial charge in [-0.2, -0.15) is 0 Å². The van der Waals surface area contributed by atoms with E-state index in [4.69, 9.17) is 0 Å². The summed E-state index contributed by atoms with van der Waals surface area (Å²) < 4.78 is 2.14. The van der Waals surface area contributed by atoms with Gasteiger partial charge in [0.15, 0.2) is 0 Å². The fraction of sp³-hybridized carbons (Fsp3) is 0.556. The number of fused-ring (bicyclic) bond motifs is 1. The van der Waals surface area contributed by atoms with Gasteiger partial charge in [0.05, 0.1) is 17.9 Å². The number of imidazole rings is 1. The van der Waals surface area contributed by atoms with Gasteiger partial charge in [0.2, 0.25) is 0 Å². The van der Waals surface area contributed by atoms with E-state index in [9.17, 15) is 4.79 Å². The van der Waals surface area contributed by atoms with Gasteiger partial charge in [0.1, 0.15) is 0 Å². The molecule has 4 nitrogen and oxygen atoms in total. The minimum Gasteiger partial charge on any atom is -0.337 e. The summed E-state index contributed by atoms with van der Waals surface area (Å²) in [5, 5.41) is 2.10. The van der Waals surface area contributed by atoms with Crippen LogP contribution in [0.1, 0.15) is 53.0 Å². The normalized spacial score (nSPS) is 24.5. The van der Waals surface area contributed by atoms with Crippen LogP contribution in [-0.2, 0) is 12.8 Å². The van der Waals surface area contributed by atoms with Crippen LogP contribution in [0, 0.1) is 5.92 Å². The van der Waals surface area contributed by atoms with Gasteiger partial charge in [-0.25, -0.2) is 4.98 Å². The van der Waals surface area contributed by atoms with Crippen molar-refractivity contribution in [2.24, 2.45) is 5.92 Å². The number of thiophene rings is 1. The summed E-state index contributed by atoms with van der Waals surface area (Å²) in [6.07, 6.45) is 11.3. The van der Waals surface area contributed by atoms with Crippen molar-refractivity contribution in [1.29, 1.82) is 0 Å². The minimum atomic E-state index is 0.238. The Bertz CT molecular complexity index is 691. The van der Waals surface area contributed by atoms with E-state index in [2.05, 4.69) is 26.8 Å². The maximum atomic E-state index is 13.0. The van der Waals surface area contributed by atoms with E-state index in [0.717, 1.165) is 50.3 Å². The van der Waals surface area contributed by atoms with Gasteiger partial charge >= 0.3 is 0 Å². The number of hydrogen-bond donors (Lipinski definition) is 0. The van der Waals surface area contributed by atoms with Gasteiger partial charge in [0, 0.05) is 35.7 Å². The lowest BCUT2D eigenvalue weighted by molar-refractivity contribution is 0.0678. The smallest absolute Gasteiger partial charge is 0.255 e. The number of carbonyl (C=O) groups excluding carboxylic acids is 1. The Morgan fingerprint density at radius 2 is 2.30 bits per heavy atom. The van der Waals surface area contributed by atoms with E-state index in [1.165, 1.54) is 16.9 Å². The molecule has 0 spiro atoms. The molecule has 5 heteroatoms. The number of carbonyl (C=O) groups is 1. The summed E-state index contributed by atoms with van der Waals surface area (Å²) >= 11 is 1.78. The molecule has 1 fully saturated rings. The van der Waals surface area contributed by atoms with Gasteiger partial charge in [-0.15, -0.1) is 11.3 Å². The van der Waals surface area contributed by atoms with Crippen LogP contribution < -0.4 is 0 Å². The summed E-state index contributed by atoms with van der Waals surface area (Å²) in [4.78, 5) is 20.7. The largest absolute Gasteiger partial charge is 0.337 e. The average molecular weight is 329 g/mol. The van der Waals surface area contributed by atoms with E-state index in [1.54, 1.807) is 11.3 Å². The minimum absolute atomic E-state index is 0.238. The lowest BCUT2D eigenvalue weighted by Gasteiger charge is -2.33. The molecule has 3 heterocycles. The quantitative estimate of drug-likeness (QED) is 0.845. The van der Waals surface area contributed by atoms with Crippen LogP contribution in [0.5, 0.6) is 0 Å². The molecular weight excluding hydrogens is 306 g/mol. The Labute approximate surface area is 141 Å². The molecule has 0 radical (unpaired) electrons. The van der Waals surface area contributed by atoms with Crippen LogP contribution in [0.15, 0.2) is 24.1 Å². The molecule has 23 heavy (non-hydrogen) atoms. The third-order valence-corrected chi connectivity index (χ3v) is 6.31. The molecule has 2 aliphatic rings. The molecule has 2 aromatic heterocycles. The van der Waals surface area contributed by atoms with Gasteiger partial charge in [-0.1, -0.05) is 6.92 Å². The van der Waals surface area contributed by atoms with E-state index in [-0.39, 0.29) is 5.91 Å². The Balaban J connectivity index is 1.53. The van der Waals surface area contributed by atoms with Crippen molar-refractivity contribution >= 4 is 17.2 Å². The molecule has 2 aromatic rings. The van der Waals surface area contributed by atoms with Crippen LogP contribution in [0.2, 0.25) is 0 Å². The number of amides is 1. The number of hydrogen-bond acceptors (Lipinski definition) is 3. The zero-order valence-electron chi connectivity index (χ0n) is 13.6. The molecule has 2 atom stereocenters. The lowest BCUT2D eigenvalue weighted by Crippen LogP contribution is -2.40. The second-order valence-corrected chi connectivity index (χ2v) is 7.92. The van der Waals surface area contributed by atoms with Crippen LogP contribution in [0.3, 0.4) is 0 Å². The summed E-state index contributed by atoms with van der Waals surface area (Å²) in [5.74, 6) is 0.992. The highest BCUT2D eigenvalue weighted by Gasteiger charge is 2.29. The van der Waals surface area contributed by atoms with Crippen molar-refractivity contribution < 1.29 is 4.79 Å². The van der Waals surface area contributed by atoms with Crippen molar-refractivity contribution in [3.05, 3.63) is 40.1 Å². The van der Waals surface area contributed by atoms with Crippen LogP contribution in [0.4, 0.5) is 0 Å². The summed E-state index contributed by atoms with van der Waals surface area (Å²) in [7, 11) is 0. The molecule has 4 rings (SSSR count). The summed E-state index contributed by atoms with van der Waals surface area (Å²) in [6.45, 7) is 3.99. The number of rotatable bonds is 2. The topological polar surface area (TPSA) is 38.1 Å². The third kappa shape index (κ3) is 2.82. The molecule has 0 unspecified atom stereocenters. The molecule has 0 bridgehead atoms. The first-order valence-electron chi connectivity index (χ1n) is 8.58. The molecule has 1 amide bonds. The van der Waals surface area contributed by atoms with Crippen molar-refractivity contribution in [2.75, 3.05) is 13.1 Å². The molecule has 0 aromatic carbocycles. The summed E-state index contributed by atoms with van der Waals surface area (Å²) in [6, 6.07) is 0.365. The van der Waals surface area contributed by atoms with Crippen LogP contribution in [0.25, 0.3) is 0 Å². The monoisotopic (exact) mass is 329 g/mol. The van der Waals surface area contributed by atoms with Crippen molar-refractivity contribution in [3.63, 3.8) is 0 Å². The first-order valence-corrected chi connectivity index (χ1v) is 9.46. The fourth-order valence-corrected chi connectivity index (χ4v) is 5.13. The maximum absolute atomic E-state index is 13.0. The maximum Gasteiger partial charge on any atom is 0.255 e. The van der Waals surface area contributed by atoms with E-state index in [1.807, 2.05) is 18.7 Å². The van der Waals surface area contributed by atoms with Gasteiger partial charge in [-0.05, 0) is 43.6 Å². The Morgan fingerprint density at radius 1 is 1.39 bits per heavy atom. The van der Waals surface area contributed by atoms with Crippen molar-refractivity contribution in [1.82, 2.24) is 14.5 Å². The number of piperidine rings is 1. The predicted molar refractivity (Wildman–Crippen MR) is 91.9 cm³/mol. The van der Waals surface area contributed by atoms with Crippen LogP contribution >= 0.6 is 11.3 Å². The first kappa shape index (κ1) is 14.9. The van der Waals surface area contributed by atoms with Gasteiger partial charge in [0.25, 0.3) is 5.91 Å². The fourth-order valence-electron chi connectivity index (χ4n) is 3.90. The number of aromatic nitrogens is 2. The second kappa shape index (κ2) is 6.11. The second-order valence-electron chi connectivity index (χ2n) is 6.96.